The predicted molar refractivity (Wildman–Crippen MR) is 201 cm³/mol. The van der Waals surface area contributed by atoms with Crippen LogP contribution in [0.2, 0.25) is 0 Å². The summed E-state index contributed by atoms with van der Waals surface area (Å²) >= 11 is 0. The lowest BCUT2D eigenvalue weighted by molar-refractivity contribution is -0.145. The van der Waals surface area contributed by atoms with E-state index in [-0.39, 0.29) is 56.2 Å². The number of Topliss-reactive ketones (excluding diaryl/α,β-unsaturated/α-hetero) is 1. The smallest absolute Gasteiger partial charge is 0.407 e. The molecule has 2 aliphatic rings. The monoisotopic (exact) mass is 728 g/mol. The lowest BCUT2D eigenvalue weighted by atomic mass is 9.70. The van der Waals surface area contributed by atoms with Gasteiger partial charge in [-0.2, -0.15) is 0 Å². The molecule has 2 rings (SSSR count). The molecule has 2 fully saturated rings. The van der Waals surface area contributed by atoms with Gasteiger partial charge in [-0.1, -0.05) is 80.7 Å². The predicted octanol–water partition coefficient (Wildman–Crippen LogP) is 4.06. The van der Waals surface area contributed by atoms with Gasteiger partial charge in [-0.25, -0.2) is 9.59 Å². The van der Waals surface area contributed by atoms with E-state index < -0.39 is 64.7 Å². The van der Waals surface area contributed by atoms with E-state index in [0.29, 0.717) is 25.8 Å². The summed E-state index contributed by atoms with van der Waals surface area (Å²) < 4.78 is 5.46. The summed E-state index contributed by atoms with van der Waals surface area (Å²) in [4.78, 5) is 82.3. The van der Waals surface area contributed by atoms with Gasteiger partial charge in [0.25, 0.3) is 5.91 Å². The van der Waals surface area contributed by atoms with Crippen LogP contribution in [0.25, 0.3) is 0 Å². The molecule has 1 aliphatic heterocycles. The molecular weight excluding hydrogens is 664 g/mol. The summed E-state index contributed by atoms with van der Waals surface area (Å²) in [5.74, 6) is -0.143. The zero-order chi connectivity index (χ0) is 39.2. The highest BCUT2D eigenvalue weighted by molar-refractivity contribution is 6.38. The Morgan fingerprint density at radius 2 is 1.65 bits per heavy atom. The number of nitrogens with zero attached hydrogens (tertiary/aromatic N) is 1. The molecule has 1 saturated carbocycles. The highest BCUT2D eigenvalue weighted by Crippen LogP contribution is 2.41. The van der Waals surface area contributed by atoms with E-state index in [0.717, 1.165) is 19.3 Å². The fourth-order valence-electron chi connectivity index (χ4n) is 6.95. The number of carbonyl (C=O) groups is 6. The molecule has 0 bridgehead atoms. The summed E-state index contributed by atoms with van der Waals surface area (Å²) in [5, 5.41) is 13.9. The van der Waals surface area contributed by atoms with E-state index in [9.17, 15) is 28.8 Å². The molecule has 0 spiro atoms. The summed E-state index contributed by atoms with van der Waals surface area (Å²) in [6.07, 6.45) is 11.3. The molecule has 2 unspecified atom stereocenters. The Hall–Kier alpha value is -4.08. The maximum absolute atomic E-state index is 14.8. The Morgan fingerprint density at radius 1 is 1.00 bits per heavy atom. The van der Waals surface area contributed by atoms with Gasteiger partial charge in [0, 0.05) is 26.1 Å². The summed E-state index contributed by atoms with van der Waals surface area (Å²) in [7, 11) is 0. The minimum absolute atomic E-state index is 0.00885. The first-order valence-corrected chi connectivity index (χ1v) is 18.8. The molecular formula is C39H64N6O7. The summed E-state index contributed by atoms with van der Waals surface area (Å²) in [5.41, 5.74) is -1.09. The number of likely N-dealkylation sites (tertiary alicyclic amines) is 1. The van der Waals surface area contributed by atoms with Gasteiger partial charge in [-0.15, -0.1) is 18.9 Å². The van der Waals surface area contributed by atoms with Gasteiger partial charge in [0.2, 0.25) is 17.6 Å². The number of rotatable bonds is 17. The highest BCUT2D eigenvalue weighted by atomic mass is 16.5. The van der Waals surface area contributed by atoms with Crippen LogP contribution in [0.15, 0.2) is 12.7 Å². The van der Waals surface area contributed by atoms with E-state index in [1.54, 1.807) is 0 Å². The third kappa shape index (κ3) is 12.8. The second-order valence-electron chi connectivity index (χ2n) is 16.4. The van der Waals surface area contributed by atoms with Crippen molar-refractivity contribution in [2.24, 2.45) is 28.6 Å². The quantitative estimate of drug-likeness (QED) is 0.0853. The molecule has 0 aromatic heterocycles. The SMILES string of the molecule is C#CCCC(NC(=O)[C@@H]1C(C(C)C)CCN1C(=O)[C@@H](NC(=O)N[C@H](COC(=O)NCC(C)C)C(C)(C)C)C1(C)CCCCC1)C(=O)C(=O)NCC=C. The van der Waals surface area contributed by atoms with Crippen LogP contribution in [0.1, 0.15) is 107 Å². The molecule has 52 heavy (non-hydrogen) atoms. The molecule has 1 aliphatic carbocycles. The summed E-state index contributed by atoms with van der Waals surface area (Å²) in [6.45, 7) is 19.9. The molecule has 1 heterocycles. The van der Waals surface area contributed by atoms with Crippen molar-refractivity contribution in [1.82, 2.24) is 31.5 Å². The fraction of sp³-hybridized carbons (Fsp3) is 0.744. The van der Waals surface area contributed by atoms with Crippen molar-refractivity contribution >= 4 is 35.6 Å². The average Bonchev–Trinajstić information content (AvgIpc) is 3.54. The van der Waals surface area contributed by atoms with Gasteiger partial charge in [0.05, 0.1) is 12.1 Å². The van der Waals surface area contributed by atoms with E-state index in [1.807, 2.05) is 55.4 Å². The van der Waals surface area contributed by atoms with Crippen molar-refractivity contribution < 1.29 is 33.5 Å². The highest BCUT2D eigenvalue weighted by Gasteiger charge is 2.50. The molecule has 292 valence electrons. The van der Waals surface area contributed by atoms with E-state index in [2.05, 4.69) is 39.1 Å². The number of ether oxygens (including phenoxy) is 1. The van der Waals surface area contributed by atoms with E-state index >= 15 is 0 Å². The molecule has 6 amide bonds. The third-order valence-corrected chi connectivity index (χ3v) is 10.3. The number of nitrogens with one attached hydrogen (secondary N) is 5. The fourth-order valence-corrected chi connectivity index (χ4v) is 6.95. The molecule has 13 nitrogen and oxygen atoms in total. The van der Waals surface area contributed by atoms with E-state index in [4.69, 9.17) is 11.2 Å². The Bertz CT molecular complexity index is 1310. The Kier molecular flexibility index (Phi) is 17.2. The molecule has 1 saturated heterocycles. The number of terminal acetylenes is 1. The van der Waals surface area contributed by atoms with Crippen LogP contribution in [0.5, 0.6) is 0 Å². The molecule has 13 heteroatoms. The average molecular weight is 729 g/mol. The van der Waals surface area contributed by atoms with Crippen LogP contribution < -0.4 is 26.6 Å². The number of hydrogen-bond acceptors (Lipinski definition) is 7. The van der Waals surface area contributed by atoms with Gasteiger partial charge in [-0.05, 0) is 54.3 Å². The lowest BCUT2D eigenvalue weighted by Crippen LogP contribution is -2.63. The lowest BCUT2D eigenvalue weighted by Gasteiger charge is -2.43. The number of amides is 6. The largest absolute Gasteiger partial charge is 0.447 e. The number of hydrogen-bond donors (Lipinski definition) is 5. The van der Waals surface area contributed by atoms with Crippen LogP contribution in [0, 0.1) is 40.9 Å². The zero-order valence-electron chi connectivity index (χ0n) is 32.7. The van der Waals surface area contributed by atoms with Crippen LogP contribution in [-0.2, 0) is 23.9 Å². The normalized spacial score (nSPS) is 20.1. The van der Waals surface area contributed by atoms with Crippen LogP contribution in [0.4, 0.5) is 9.59 Å². The standard InChI is InChI=1S/C39H64N6O7/c1-11-13-17-28(31(46)34(48)40-21-12-2)42-33(47)30-27(26(5)6)18-22-45(30)35(49)32(39(10)19-15-14-16-20-39)44-36(50)43-29(38(7,8)9)24-52-37(51)41-23-25(3)4/h1,12,25-30,32H,2,13-24H2,3-10H3,(H,40,48)(H,41,51)(H,42,47)(H2,43,44,50)/t27?,28?,29-,30+,32-/m1/s1. The first-order chi connectivity index (χ1) is 24.4. The number of carbonyl (C=O) groups excluding carboxylic acids is 6. The van der Waals surface area contributed by atoms with Crippen molar-refractivity contribution in [2.75, 3.05) is 26.2 Å². The van der Waals surface area contributed by atoms with E-state index in [1.165, 1.54) is 11.0 Å². The van der Waals surface area contributed by atoms with Crippen molar-refractivity contribution in [1.29, 1.82) is 0 Å². The van der Waals surface area contributed by atoms with Crippen molar-refractivity contribution in [2.45, 2.75) is 131 Å². The van der Waals surface area contributed by atoms with Crippen molar-refractivity contribution in [3.05, 3.63) is 12.7 Å². The Labute approximate surface area is 310 Å². The van der Waals surface area contributed by atoms with Gasteiger partial charge < -0.3 is 36.2 Å². The maximum atomic E-state index is 14.8. The number of alkyl carbamates (subject to hydrolysis) is 1. The zero-order valence-corrected chi connectivity index (χ0v) is 32.7. The second-order valence-corrected chi connectivity index (χ2v) is 16.4. The minimum atomic E-state index is -1.18. The molecule has 5 atom stereocenters. The maximum Gasteiger partial charge on any atom is 0.407 e. The number of ketones is 1. The van der Waals surface area contributed by atoms with Gasteiger partial charge >= 0.3 is 12.1 Å². The molecule has 0 aromatic rings. The van der Waals surface area contributed by atoms with Gasteiger partial charge in [-0.3, -0.25) is 19.2 Å². The first kappa shape index (κ1) is 44.1. The van der Waals surface area contributed by atoms with Crippen molar-refractivity contribution in [3.8, 4) is 12.3 Å². The molecule has 0 radical (unpaired) electrons. The molecule has 0 aromatic carbocycles. The van der Waals surface area contributed by atoms with Gasteiger partial charge in [0.15, 0.2) is 0 Å². The summed E-state index contributed by atoms with van der Waals surface area (Å²) in [6, 6.07) is -4.25. The third-order valence-electron chi connectivity index (χ3n) is 10.3. The first-order valence-electron chi connectivity index (χ1n) is 18.8. The topological polar surface area (TPSA) is 175 Å². The minimum Gasteiger partial charge on any atom is -0.447 e. The van der Waals surface area contributed by atoms with Crippen LogP contribution in [-0.4, -0.2) is 90.9 Å². The second kappa shape index (κ2) is 20.2. The number of urea groups is 1. The Balaban J connectivity index is 2.39. The van der Waals surface area contributed by atoms with Crippen LogP contribution in [0.3, 0.4) is 0 Å². The van der Waals surface area contributed by atoms with Gasteiger partial charge in [0.1, 0.15) is 18.7 Å². The van der Waals surface area contributed by atoms with Crippen molar-refractivity contribution in [3.63, 3.8) is 0 Å². The Morgan fingerprint density at radius 3 is 2.21 bits per heavy atom. The molecule has 5 N–H and O–H groups in total. The van der Waals surface area contributed by atoms with Crippen LogP contribution >= 0.6 is 0 Å².